The molecule has 1 fully saturated rings. The van der Waals surface area contributed by atoms with Gasteiger partial charge in [-0.25, -0.2) is 0 Å². The van der Waals surface area contributed by atoms with Crippen LogP contribution in [-0.4, -0.2) is 31.6 Å². The molecular weight excluding hydrogens is 234 g/mol. The van der Waals surface area contributed by atoms with E-state index in [0.29, 0.717) is 5.92 Å². The zero-order chi connectivity index (χ0) is 13.9. The summed E-state index contributed by atoms with van der Waals surface area (Å²) in [6.07, 6.45) is 2.52. The second kappa shape index (κ2) is 5.96. The maximum atomic E-state index is 6.12. The van der Waals surface area contributed by atoms with E-state index in [0.717, 1.165) is 12.4 Å². The lowest BCUT2D eigenvalue weighted by Crippen LogP contribution is -2.32. The largest absolute Gasteiger partial charge is 0.493 e. The van der Waals surface area contributed by atoms with Gasteiger partial charge in [-0.15, -0.1) is 0 Å². The molecule has 19 heavy (non-hydrogen) atoms. The van der Waals surface area contributed by atoms with Gasteiger partial charge < -0.3 is 9.64 Å². The molecule has 0 aromatic heterocycles. The van der Waals surface area contributed by atoms with Crippen molar-refractivity contribution in [3.05, 3.63) is 29.8 Å². The summed E-state index contributed by atoms with van der Waals surface area (Å²) in [6.45, 7) is 9.99. The van der Waals surface area contributed by atoms with Gasteiger partial charge in [0.1, 0.15) is 5.75 Å². The van der Waals surface area contributed by atoms with Crippen LogP contribution in [-0.2, 0) is 5.41 Å². The summed E-state index contributed by atoms with van der Waals surface area (Å²) in [6, 6.07) is 8.46. The molecule has 2 heteroatoms. The molecule has 2 rings (SSSR count). The Kier molecular flexibility index (Phi) is 4.51. The van der Waals surface area contributed by atoms with Crippen LogP contribution >= 0.6 is 0 Å². The number of ether oxygens (including phenoxy) is 1. The Bertz CT molecular complexity index is 400. The normalized spacial score (nSPS) is 18.5. The smallest absolute Gasteiger partial charge is 0.123 e. The van der Waals surface area contributed by atoms with Crippen molar-refractivity contribution in [2.24, 2.45) is 5.92 Å². The van der Waals surface area contributed by atoms with E-state index < -0.39 is 0 Å². The quantitative estimate of drug-likeness (QED) is 0.822. The molecule has 106 valence electrons. The van der Waals surface area contributed by atoms with Crippen LogP contribution in [0, 0.1) is 5.92 Å². The van der Waals surface area contributed by atoms with E-state index in [1.54, 1.807) is 0 Å². The summed E-state index contributed by atoms with van der Waals surface area (Å²) in [5, 5.41) is 0. The molecule has 1 aromatic carbocycles. The van der Waals surface area contributed by atoms with E-state index in [-0.39, 0.29) is 5.41 Å². The van der Waals surface area contributed by atoms with Crippen molar-refractivity contribution >= 4 is 0 Å². The number of hydrogen-bond acceptors (Lipinski definition) is 2. The van der Waals surface area contributed by atoms with Crippen molar-refractivity contribution in [3.63, 3.8) is 0 Å². The van der Waals surface area contributed by atoms with Gasteiger partial charge in [0.15, 0.2) is 0 Å². The first-order valence-corrected chi connectivity index (χ1v) is 7.37. The van der Waals surface area contributed by atoms with Crippen LogP contribution in [0.2, 0.25) is 0 Å². The third-order valence-corrected chi connectivity index (χ3v) is 4.01. The summed E-state index contributed by atoms with van der Waals surface area (Å²) >= 11 is 0. The van der Waals surface area contributed by atoms with Gasteiger partial charge in [0, 0.05) is 0 Å². The highest BCUT2D eigenvalue weighted by molar-refractivity contribution is 5.38. The maximum absolute atomic E-state index is 6.12. The van der Waals surface area contributed by atoms with Crippen LogP contribution in [0.3, 0.4) is 0 Å². The Morgan fingerprint density at radius 2 is 1.79 bits per heavy atom. The van der Waals surface area contributed by atoms with Crippen LogP contribution in [0.1, 0.15) is 39.2 Å². The molecule has 0 saturated carbocycles. The number of benzene rings is 1. The molecule has 1 saturated heterocycles. The number of nitrogens with zero attached hydrogens (tertiary/aromatic N) is 1. The Balaban J connectivity index is 1.96. The summed E-state index contributed by atoms with van der Waals surface area (Å²) in [4.78, 5) is 2.40. The molecule has 0 unspecified atom stereocenters. The molecule has 1 aliphatic heterocycles. The van der Waals surface area contributed by atoms with Crippen molar-refractivity contribution in [3.8, 4) is 5.75 Å². The van der Waals surface area contributed by atoms with E-state index in [1.807, 2.05) is 0 Å². The van der Waals surface area contributed by atoms with Crippen LogP contribution in [0.15, 0.2) is 24.3 Å². The molecule has 0 radical (unpaired) electrons. The van der Waals surface area contributed by atoms with Crippen LogP contribution < -0.4 is 4.74 Å². The number of para-hydroxylation sites is 1. The SMILES string of the molecule is CN1CCC(COc2ccccc2C(C)(C)C)CC1. The number of likely N-dealkylation sites (tertiary alicyclic amines) is 1. The molecule has 0 aliphatic carbocycles. The molecule has 0 bridgehead atoms. The highest BCUT2D eigenvalue weighted by Gasteiger charge is 2.21. The Morgan fingerprint density at radius 3 is 2.42 bits per heavy atom. The van der Waals surface area contributed by atoms with Crippen LogP contribution in [0.25, 0.3) is 0 Å². The first-order valence-electron chi connectivity index (χ1n) is 7.37. The highest BCUT2D eigenvalue weighted by Crippen LogP contribution is 2.31. The number of piperidine rings is 1. The average Bonchev–Trinajstić information content (AvgIpc) is 2.37. The van der Waals surface area contributed by atoms with Gasteiger partial charge in [-0.3, -0.25) is 0 Å². The fourth-order valence-electron chi connectivity index (χ4n) is 2.65. The third-order valence-electron chi connectivity index (χ3n) is 4.01. The molecule has 0 spiro atoms. The van der Waals surface area contributed by atoms with Gasteiger partial charge >= 0.3 is 0 Å². The van der Waals surface area contributed by atoms with E-state index in [1.165, 1.54) is 31.5 Å². The summed E-state index contributed by atoms with van der Waals surface area (Å²) < 4.78 is 6.12. The van der Waals surface area contributed by atoms with E-state index in [2.05, 4.69) is 57.0 Å². The van der Waals surface area contributed by atoms with Gasteiger partial charge in [0.05, 0.1) is 6.61 Å². The third kappa shape index (κ3) is 3.97. The first-order chi connectivity index (χ1) is 8.97. The lowest BCUT2D eigenvalue weighted by molar-refractivity contribution is 0.158. The lowest BCUT2D eigenvalue weighted by atomic mass is 9.86. The van der Waals surface area contributed by atoms with Crippen molar-refractivity contribution in [2.75, 3.05) is 26.7 Å². The van der Waals surface area contributed by atoms with E-state index in [4.69, 9.17) is 4.74 Å². The lowest BCUT2D eigenvalue weighted by Gasteiger charge is -2.29. The zero-order valence-electron chi connectivity index (χ0n) is 12.8. The van der Waals surface area contributed by atoms with Crippen molar-refractivity contribution in [1.82, 2.24) is 4.90 Å². The molecule has 0 N–H and O–H groups in total. The number of rotatable bonds is 3. The predicted molar refractivity (Wildman–Crippen MR) is 80.9 cm³/mol. The fraction of sp³-hybridized carbons (Fsp3) is 0.647. The predicted octanol–water partition coefficient (Wildman–Crippen LogP) is 3.70. The summed E-state index contributed by atoms with van der Waals surface area (Å²) in [7, 11) is 2.20. The summed E-state index contributed by atoms with van der Waals surface area (Å²) in [5.41, 5.74) is 1.45. The second-order valence-corrected chi connectivity index (χ2v) is 6.80. The van der Waals surface area contributed by atoms with E-state index >= 15 is 0 Å². The van der Waals surface area contributed by atoms with E-state index in [9.17, 15) is 0 Å². The molecular formula is C17H27NO. The van der Waals surface area contributed by atoms with Crippen LogP contribution in [0.4, 0.5) is 0 Å². The topological polar surface area (TPSA) is 12.5 Å². The van der Waals surface area contributed by atoms with Gasteiger partial charge in [0.25, 0.3) is 0 Å². The second-order valence-electron chi connectivity index (χ2n) is 6.80. The molecule has 0 atom stereocenters. The summed E-state index contributed by atoms with van der Waals surface area (Å²) in [5.74, 6) is 1.78. The highest BCUT2D eigenvalue weighted by atomic mass is 16.5. The van der Waals surface area contributed by atoms with Crippen molar-refractivity contribution in [2.45, 2.75) is 39.0 Å². The average molecular weight is 261 g/mol. The van der Waals surface area contributed by atoms with Gasteiger partial charge in [-0.05, 0) is 55.9 Å². The Hall–Kier alpha value is -1.02. The molecule has 1 heterocycles. The minimum Gasteiger partial charge on any atom is -0.493 e. The van der Waals surface area contributed by atoms with Gasteiger partial charge in [-0.2, -0.15) is 0 Å². The Morgan fingerprint density at radius 1 is 1.16 bits per heavy atom. The molecule has 1 aromatic rings. The first kappa shape index (κ1) is 14.4. The standard InChI is InChI=1S/C17H27NO/c1-17(2,3)15-7-5-6-8-16(15)19-13-14-9-11-18(4)12-10-14/h5-8,14H,9-13H2,1-4H3. The fourth-order valence-corrected chi connectivity index (χ4v) is 2.65. The van der Waals surface area contributed by atoms with Gasteiger partial charge in [-0.1, -0.05) is 39.0 Å². The maximum Gasteiger partial charge on any atom is 0.123 e. The Labute approximate surface area is 117 Å². The monoisotopic (exact) mass is 261 g/mol. The minimum atomic E-state index is 0.142. The zero-order valence-corrected chi connectivity index (χ0v) is 12.8. The molecule has 2 nitrogen and oxygen atoms in total. The van der Waals surface area contributed by atoms with Crippen LogP contribution in [0.5, 0.6) is 5.75 Å². The number of hydrogen-bond donors (Lipinski definition) is 0. The van der Waals surface area contributed by atoms with Crippen molar-refractivity contribution < 1.29 is 4.74 Å². The minimum absolute atomic E-state index is 0.142. The molecule has 0 amide bonds. The molecule has 1 aliphatic rings. The van der Waals surface area contributed by atoms with Gasteiger partial charge in [0.2, 0.25) is 0 Å². The van der Waals surface area contributed by atoms with Crippen molar-refractivity contribution in [1.29, 1.82) is 0 Å².